The zero-order valence-electron chi connectivity index (χ0n) is 10.5. The molecule has 0 aliphatic heterocycles. The van der Waals surface area contributed by atoms with Gasteiger partial charge in [0.15, 0.2) is 0 Å². The second-order valence-corrected chi connectivity index (χ2v) is 5.37. The number of aryl methyl sites for hydroxylation is 2. The van der Waals surface area contributed by atoms with Crippen LogP contribution < -0.4 is 0 Å². The van der Waals surface area contributed by atoms with Crippen molar-refractivity contribution in [3.63, 3.8) is 0 Å². The molecule has 0 unspecified atom stereocenters. The van der Waals surface area contributed by atoms with Gasteiger partial charge in [-0.05, 0) is 19.3 Å². The molecule has 1 heterocycles. The summed E-state index contributed by atoms with van der Waals surface area (Å²) in [5, 5.41) is 0. The Kier molecular flexibility index (Phi) is 6.93. The van der Waals surface area contributed by atoms with Crippen LogP contribution in [0.15, 0.2) is 12.4 Å². The number of nitrogens with zero attached hydrogens (tertiary/aromatic N) is 2. The third-order valence-electron chi connectivity index (χ3n) is 2.80. The molecule has 0 aliphatic carbocycles. The van der Waals surface area contributed by atoms with Crippen LogP contribution in [0.5, 0.6) is 0 Å². The van der Waals surface area contributed by atoms with Crippen molar-refractivity contribution in [1.82, 2.24) is 9.55 Å². The van der Waals surface area contributed by atoms with Crippen LogP contribution in [-0.4, -0.2) is 23.7 Å². The summed E-state index contributed by atoms with van der Waals surface area (Å²) in [5.41, 5.74) is 0. The number of hydrogen-bond donors (Lipinski definition) is 1. The molecule has 0 atom stereocenters. The molecule has 0 amide bonds. The van der Waals surface area contributed by atoms with Crippen molar-refractivity contribution < 1.29 is 8.42 Å². The number of rotatable bonds is 9. The molecule has 0 aromatic carbocycles. The zero-order chi connectivity index (χ0) is 12.5. The molecule has 4 nitrogen and oxygen atoms in total. The van der Waals surface area contributed by atoms with E-state index in [1.165, 1.54) is 12.8 Å². The van der Waals surface area contributed by atoms with Gasteiger partial charge in [0, 0.05) is 31.1 Å². The average Bonchev–Trinajstić information content (AvgIpc) is 2.73. The van der Waals surface area contributed by atoms with E-state index in [2.05, 4.69) is 16.5 Å². The minimum atomic E-state index is -2.20. The van der Waals surface area contributed by atoms with E-state index in [9.17, 15) is 8.42 Å². The van der Waals surface area contributed by atoms with Crippen molar-refractivity contribution in [2.45, 2.75) is 52.0 Å². The summed E-state index contributed by atoms with van der Waals surface area (Å²) in [6.07, 6.45) is 10.0. The molecule has 1 rings (SSSR count). The molecule has 1 aromatic rings. The summed E-state index contributed by atoms with van der Waals surface area (Å²) in [7, 11) is -2.20. The van der Waals surface area contributed by atoms with E-state index < -0.39 is 10.7 Å². The standard InChI is InChI=1S/C12H22N2O2S/c1-2-3-7-12-13-8-10-14(12)9-5-4-6-11-17(15)16/h8,10,17H,2-7,9,11H2,1H3. The second kappa shape index (κ2) is 8.28. The monoisotopic (exact) mass is 258 g/mol. The molecule has 5 heteroatoms. The van der Waals surface area contributed by atoms with Gasteiger partial charge < -0.3 is 4.57 Å². The molecular weight excluding hydrogens is 236 g/mol. The first-order valence-electron chi connectivity index (χ1n) is 6.36. The highest BCUT2D eigenvalue weighted by Gasteiger charge is 2.01. The molecule has 0 aliphatic rings. The van der Waals surface area contributed by atoms with Crippen LogP contribution in [0.1, 0.15) is 44.9 Å². The van der Waals surface area contributed by atoms with Crippen LogP contribution in [0.3, 0.4) is 0 Å². The van der Waals surface area contributed by atoms with Crippen molar-refractivity contribution in [2.24, 2.45) is 0 Å². The lowest BCUT2D eigenvalue weighted by atomic mass is 10.2. The summed E-state index contributed by atoms with van der Waals surface area (Å²) < 4.78 is 23.0. The van der Waals surface area contributed by atoms with Crippen LogP contribution >= 0.6 is 0 Å². The summed E-state index contributed by atoms with van der Waals surface area (Å²) in [6, 6.07) is 0. The smallest absolute Gasteiger partial charge is 0.140 e. The predicted molar refractivity (Wildman–Crippen MR) is 69.9 cm³/mol. The zero-order valence-corrected chi connectivity index (χ0v) is 11.4. The van der Waals surface area contributed by atoms with Gasteiger partial charge in [0.25, 0.3) is 0 Å². The van der Waals surface area contributed by atoms with E-state index in [1.54, 1.807) is 0 Å². The van der Waals surface area contributed by atoms with Gasteiger partial charge in [-0.3, -0.25) is 0 Å². The van der Waals surface area contributed by atoms with Gasteiger partial charge in [-0.15, -0.1) is 0 Å². The first kappa shape index (κ1) is 14.2. The minimum Gasteiger partial charge on any atom is -0.335 e. The van der Waals surface area contributed by atoms with E-state index in [1.807, 2.05) is 12.4 Å². The Balaban J connectivity index is 2.24. The molecule has 0 radical (unpaired) electrons. The van der Waals surface area contributed by atoms with Gasteiger partial charge in [-0.2, -0.15) is 0 Å². The Morgan fingerprint density at radius 3 is 2.76 bits per heavy atom. The molecule has 1 aromatic heterocycles. The van der Waals surface area contributed by atoms with Gasteiger partial charge in [-0.25, -0.2) is 13.4 Å². The first-order chi connectivity index (χ1) is 8.24. The molecule has 0 bridgehead atoms. The number of hydrogen-bond acceptors (Lipinski definition) is 3. The molecule has 0 fully saturated rings. The molecule has 98 valence electrons. The van der Waals surface area contributed by atoms with E-state index in [0.29, 0.717) is 5.75 Å². The Hall–Kier alpha value is -0.840. The Labute approximate surface area is 105 Å². The fourth-order valence-corrected chi connectivity index (χ4v) is 2.29. The fourth-order valence-electron chi connectivity index (χ4n) is 1.81. The van der Waals surface area contributed by atoms with Gasteiger partial charge >= 0.3 is 0 Å². The first-order valence-corrected chi connectivity index (χ1v) is 7.72. The van der Waals surface area contributed by atoms with Crippen molar-refractivity contribution in [2.75, 3.05) is 5.75 Å². The molecule has 0 saturated carbocycles. The number of imidazole rings is 1. The average molecular weight is 258 g/mol. The highest BCUT2D eigenvalue weighted by atomic mass is 32.2. The van der Waals surface area contributed by atoms with Gasteiger partial charge in [0.2, 0.25) is 0 Å². The minimum absolute atomic E-state index is 0.321. The van der Waals surface area contributed by atoms with Gasteiger partial charge in [0.05, 0.1) is 0 Å². The number of thiol groups is 1. The molecule has 0 N–H and O–H groups in total. The highest BCUT2D eigenvalue weighted by molar-refractivity contribution is 7.72. The van der Waals surface area contributed by atoms with Crippen molar-refractivity contribution in [3.05, 3.63) is 18.2 Å². The van der Waals surface area contributed by atoms with E-state index in [0.717, 1.165) is 38.1 Å². The van der Waals surface area contributed by atoms with E-state index >= 15 is 0 Å². The summed E-state index contributed by atoms with van der Waals surface area (Å²) in [4.78, 5) is 4.35. The van der Waals surface area contributed by atoms with Crippen molar-refractivity contribution in [3.8, 4) is 0 Å². The van der Waals surface area contributed by atoms with Gasteiger partial charge in [0.1, 0.15) is 16.5 Å². The lowest BCUT2D eigenvalue weighted by molar-refractivity contribution is 0.567. The third kappa shape index (κ3) is 5.86. The maximum absolute atomic E-state index is 10.4. The molecular formula is C12H22N2O2S. The lowest BCUT2D eigenvalue weighted by Gasteiger charge is -2.06. The van der Waals surface area contributed by atoms with Crippen LogP contribution in [0, 0.1) is 0 Å². The summed E-state index contributed by atoms with van der Waals surface area (Å²) in [6.45, 7) is 3.13. The maximum Gasteiger partial charge on any atom is 0.140 e. The maximum atomic E-state index is 10.4. The quantitative estimate of drug-likeness (QED) is 0.544. The molecule has 0 spiro atoms. The number of aromatic nitrogens is 2. The van der Waals surface area contributed by atoms with Crippen LogP contribution in [0.4, 0.5) is 0 Å². The van der Waals surface area contributed by atoms with Crippen LogP contribution in [-0.2, 0) is 23.7 Å². The van der Waals surface area contributed by atoms with E-state index in [4.69, 9.17) is 0 Å². The largest absolute Gasteiger partial charge is 0.335 e. The van der Waals surface area contributed by atoms with Gasteiger partial charge in [-0.1, -0.05) is 19.8 Å². The summed E-state index contributed by atoms with van der Waals surface area (Å²) in [5.74, 6) is 1.48. The van der Waals surface area contributed by atoms with E-state index in [-0.39, 0.29) is 0 Å². The topological polar surface area (TPSA) is 52.0 Å². The molecule has 17 heavy (non-hydrogen) atoms. The van der Waals surface area contributed by atoms with Crippen molar-refractivity contribution in [1.29, 1.82) is 0 Å². The predicted octanol–water partition coefficient (Wildman–Crippen LogP) is 2.01. The van der Waals surface area contributed by atoms with Crippen LogP contribution in [0.25, 0.3) is 0 Å². The fraction of sp³-hybridized carbons (Fsp3) is 0.750. The Bertz CT molecular complexity index is 378. The normalized spacial score (nSPS) is 11.2. The Morgan fingerprint density at radius 1 is 1.24 bits per heavy atom. The second-order valence-electron chi connectivity index (χ2n) is 4.26. The highest BCUT2D eigenvalue weighted by Crippen LogP contribution is 2.06. The Morgan fingerprint density at radius 2 is 2.06 bits per heavy atom. The van der Waals surface area contributed by atoms with Crippen LogP contribution in [0.2, 0.25) is 0 Å². The SMILES string of the molecule is CCCCc1nccn1CCCCC[SH](=O)=O. The third-order valence-corrected chi connectivity index (χ3v) is 3.48. The lowest BCUT2D eigenvalue weighted by Crippen LogP contribution is -2.03. The van der Waals surface area contributed by atoms with Crippen molar-refractivity contribution >= 4 is 10.7 Å². The number of unbranched alkanes of at least 4 members (excludes halogenated alkanes) is 3. The molecule has 0 saturated heterocycles. The summed E-state index contributed by atoms with van der Waals surface area (Å²) >= 11 is 0.